The molecule has 0 heterocycles. The van der Waals surface area contributed by atoms with Crippen LogP contribution in [0, 0.1) is 0 Å². The van der Waals surface area contributed by atoms with Gasteiger partial charge in [-0.2, -0.15) is 0 Å². The van der Waals surface area contributed by atoms with E-state index in [1.165, 1.54) is 11.8 Å². The molecule has 2 rings (SSSR count). The highest BCUT2D eigenvalue weighted by atomic mass is 32.2. The second-order valence-electron chi connectivity index (χ2n) is 5.33. The van der Waals surface area contributed by atoms with Gasteiger partial charge in [0.15, 0.2) is 9.84 Å². The molecule has 0 bridgehead atoms. The molecule has 0 saturated heterocycles. The number of hydrogen-bond acceptors (Lipinski definition) is 4. The molecule has 0 aromatic heterocycles. The lowest BCUT2D eigenvalue weighted by Gasteiger charge is -2.31. The third-order valence-electron chi connectivity index (χ3n) is 3.84. The molecule has 0 aliphatic heterocycles. The van der Waals surface area contributed by atoms with Gasteiger partial charge in [-0.25, -0.2) is 8.42 Å². The zero-order chi connectivity index (χ0) is 14.0. The van der Waals surface area contributed by atoms with Crippen LogP contribution in [0.1, 0.15) is 30.5 Å². The van der Waals surface area contributed by atoms with Gasteiger partial charge in [0.05, 0.1) is 17.4 Å². The van der Waals surface area contributed by atoms with Gasteiger partial charge in [0, 0.05) is 12.8 Å². The summed E-state index contributed by atoms with van der Waals surface area (Å²) in [5.41, 5.74) is 2.32. The molecule has 1 unspecified atom stereocenters. The number of aryl methyl sites for hydroxylation is 1. The Kier molecular flexibility index (Phi) is 4.28. The molecule has 1 aromatic rings. The summed E-state index contributed by atoms with van der Waals surface area (Å²) in [6.45, 7) is 2.04. The van der Waals surface area contributed by atoms with Crippen LogP contribution in [-0.2, 0) is 16.3 Å². The Labute approximate surface area is 114 Å². The normalized spacial score (nSPS) is 24.8. The van der Waals surface area contributed by atoms with E-state index in [1.54, 1.807) is 6.92 Å². The van der Waals surface area contributed by atoms with Crippen molar-refractivity contribution in [2.75, 3.05) is 12.8 Å². The molecule has 0 spiro atoms. The van der Waals surface area contributed by atoms with Crippen LogP contribution in [0.2, 0.25) is 0 Å². The van der Waals surface area contributed by atoms with Crippen molar-refractivity contribution in [3.05, 3.63) is 35.4 Å². The number of aliphatic hydroxyl groups excluding tert-OH is 1. The van der Waals surface area contributed by atoms with Crippen LogP contribution in [-0.4, -0.2) is 37.7 Å². The number of aliphatic hydroxyl groups is 1. The van der Waals surface area contributed by atoms with Crippen molar-refractivity contribution in [3.8, 4) is 0 Å². The Morgan fingerprint density at radius 1 is 1.42 bits per heavy atom. The summed E-state index contributed by atoms with van der Waals surface area (Å²) in [4.78, 5) is 0. The minimum Gasteiger partial charge on any atom is -0.391 e. The Hall–Kier alpha value is -0.910. The van der Waals surface area contributed by atoms with Crippen molar-refractivity contribution in [3.63, 3.8) is 0 Å². The van der Waals surface area contributed by atoms with E-state index in [-0.39, 0.29) is 6.04 Å². The van der Waals surface area contributed by atoms with Crippen LogP contribution in [0.15, 0.2) is 24.3 Å². The Bertz CT molecular complexity index is 541. The fraction of sp³-hybridized carbons (Fsp3) is 0.571. The summed E-state index contributed by atoms with van der Waals surface area (Å²) in [5.74, 6) is 0. The number of rotatable bonds is 4. The van der Waals surface area contributed by atoms with E-state index < -0.39 is 21.2 Å². The van der Waals surface area contributed by atoms with Crippen molar-refractivity contribution in [2.45, 2.75) is 37.2 Å². The molecule has 0 radical (unpaired) electrons. The van der Waals surface area contributed by atoms with E-state index in [2.05, 4.69) is 11.4 Å². The standard InChI is InChI=1S/C14H21NO3S/c1-10(19(2,17)18)9-15-14-12-6-4-3-5-11(12)7-8-13(14)16/h3-6,10,13-16H,7-9H2,1-2H3/t10?,13-,14+/m1/s1. The number of sulfone groups is 1. The third kappa shape index (κ3) is 3.35. The predicted octanol–water partition coefficient (Wildman–Crippen LogP) is 1.06. The largest absolute Gasteiger partial charge is 0.391 e. The number of hydrogen-bond donors (Lipinski definition) is 2. The van der Waals surface area contributed by atoms with E-state index in [0.717, 1.165) is 12.0 Å². The lowest BCUT2D eigenvalue weighted by molar-refractivity contribution is 0.111. The lowest BCUT2D eigenvalue weighted by Crippen LogP contribution is -2.40. The molecule has 1 aliphatic carbocycles. The third-order valence-corrected chi connectivity index (χ3v) is 5.47. The predicted molar refractivity (Wildman–Crippen MR) is 75.8 cm³/mol. The van der Waals surface area contributed by atoms with Gasteiger partial charge in [0.2, 0.25) is 0 Å². The fourth-order valence-electron chi connectivity index (χ4n) is 2.43. The molecule has 19 heavy (non-hydrogen) atoms. The highest BCUT2D eigenvalue weighted by Crippen LogP contribution is 2.29. The molecule has 0 saturated carbocycles. The van der Waals surface area contributed by atoms with Gasteiger partial charge in [0.25, 0.3) is 0 Å². The second-order valence-corrected chi connectivity index (χ2v) is 7.79. The Morgan fingerprint density at radius 2 is 2.11 bits per heavy atom. The average molecular weight is 283 g/mol. The van der Waals surface area contributed by atoms with Crippen molar-refractivity contribution in [1.82, 2.24) is 5.32 Å². The molecule has 1 aliphatic rings. The van der Waals surface area contributed by atoms with Gasteiger partial charge < -0.3 is 10.4 Å². The number of nitrogens with one attached hydrogen (secondary N) is 1. The van der Waals surface area contributed by atoms with Gasteiger partial charge in [0.1, 0.15) is 0 Å². The Balaban J connectivity index is 2.12. The van der Waals surface area contributed by atoms with Crippen LogP contribution >= 0.6 is 0 Å². The smallest absolute Gasteiger partial charge is 0.151 e. The van der Waals surface area contributed by atoms with Gasteiger partial charge in [-0.1, -0.05) is 24.3 Å². The van der Waals surface area contributed by atoms with E-state index in [9.17, 15) is 13.5 Å². The van der Waals surface area contributed by atoms with Crippen molar-refractivity contribution >= 4 is 9.84 Å². The number of benzene rings is 1. The minimum atomic E-state index is -3.04. The zero-order valence-corrected chi connectivity index (χ0v) is 12.2. The SMILES string of the molecule is CC(CN[C@H]1c2ccccc2CC[C@H]1O)S(C)(=O)=O. The molecule has 0 fully saturated rings. The first-order valence-corrected chi connectivity index (χ1v) is 8.53. The van der Waals surface area contributed by atoms with E-state index >= 15 is 0 Å². The van der Waals surface area contributed by atoms with Crippen LogP contribution in [0.25, 0.3) is 0 Å². The fourth-order valence-corrected chi connectivity index (χ4v) is 2.83. The first-order valence-electron chi connectivity index (χ1n) is 6.57. The molecule has 106 valence electrons. The summed E-state index contributed by atoms with van der Waals surface area (Å²) < 4.78 is 22.9. The molecular weight excluding hydrogens is 262 g/mol. The molecule has 2 N–H and O–H groups in total. The average Bonchev–Trinajstić information content (AvgIpc) is 2.36. The molecular formula is C14H21NO3S. The summed E-state index contributed by atoms with van der Waals surface area (Å²) in [6.07, 6.45) is 2.37. The van der Waals surface area contributed by atoms with Crippen LogP contribution < -0.4 is 5.32 Å². The quantitative estimate of drug-likeness (QED) is 0.867. The second kappa shape index (κ2) is 5.61. The van der Waals surface area contributed by atoms with Crippen LogP contribution in [0.4, 0.5) is 0 Å². The molecule has 3 atom stereocenters. The van der Waals surface area contributed by atoms with Crippen molar-refractivity contribution < 1.29 is 13.5 Å². The zero-order valence-electron chi connectivity index (χ0n) is 11.3. The first kappa shape index (κ1) is 14.5. The monoisotopic (exact) mass is 283 g/mol. The lowest BCUT2D eigenvalue weighted by atomic mass is 9.85. The van der Waals surface area contributed by atoms with Crippen molar-refractivity contribution in [1.29, 1.82) is 0 Å². The molecule has 5 heteroatoms. The van der Waals surface area contributed by atoms with Gasteiger partial charge >= 0.3 is 0 Å². The van der Waals surface area contributed by atoms with Crippen molar-refractivity contribution in [2.24, 2.45) is 0 Å². The summed E-state index contributed by atoms with van der Waals surface area (Å²) in [6, 6.07) is 7.84. The topological polar surface area (TPSA) is 66.4 Å². The highest BCUT2D eigenvalue weighted by molar-refractivity contribution is 7.91. The van der Waals surface area contributed by atoms with E-state index in [4.69, 9.17) is 0 Å². The maximum Gasteiger partial charge on any atom is 0.151 e. The van der Waals surface area contributed by atoms with Gasteiger partial charge in [-0.15, -0.1) is 0 Å². The van der Waals surface area contributed by atoms with E-state index in [0.29, 0.717) is 13.0 Å². The Morgan fingerprint density at radius 3 is 2.79 bits per heavy atom. The van der Waals surface area contributed by atoms with Gasteiger partial charge in [-0.05, 0) is 30.9 Å². The molecule has 4 nitrogen and oxygen atoms in total. The summed E-state index contributed by atoms with van der Waals surface area (Å²) in [7, 11) is -3.04. The maximum absolute atomic E-state index is 11.4. The number of fused-ring (bicyclic) bond motifs is 1. The molecule has 0 amide bonds. The van der Waals surface area contributed by atoms with Gasteiger partial charge in [-0.3, -0.25) is 0 Å². The maximum atomic E-state index is 11.4. The van der Waals surface area contributed by atoms with E-state index in [1.807, 2.05) is 18.2 Å². The van der Waals surface area contributed by atoms with Crippen LogP contribution in [0.3, 0.4) is 0 Å². The molecule has 1 aromatic carbocycles. The summed E-state index contributed by atoms with van der Waals surface area (Å²) in [5, 5.41) is 12.9. The first-order chi connectivity index (χ1) is 8.89. The highest BCUT2D eigenvalue weighted by Gasteiger charge is 2.28. The van der Waals surface area contributed by atoms with Crippen LogP contribution in [0.5, 0.6) is 0 Å². The summed E-state index contributed by atoms with van der Waals surface area (Å²) >= 11 is 0. The minimum absolute atomic E-state index is 0.172.